The third-order valence-electron chi connectivity index (χ3n) is 3.46. The van der Waals surface area contributed by atoms with Gasteiger partial charge in [-0.1, -0.05) is 11.6 Å². The van der Waals surface area contributed by atoms with Crippen molar-refractivity contribution in [3.63, 3.8) is 0 Å². The lowest BCUT2D eigenvalue weighted by Gasteiger charge is -2.31. The summed E-state index contributed by atoms with van der Waals surface area (Å²) in [6, 6.07) is 3.54. The van der Waals surface area contributed by atoms with Gasteiger partial charge < -0.3 is 36.7 Å². The topological polar surface area (TPSA) is 130 Å². The molecule has 8 nitrogen and oxygen atoms in total. The molecule has 1 unspecified atom stereocenters. The maximum Gasteiger partial charge on any atom is 0.203 e. The molecule has 0 radical (unpaired) electrons. The number of rotatable bonds is 5. The van der Waals surface area contributed by atoms with Crippen molar-refractivity contribution in [2.45, 2.75) is 12.1 Å². The molecule has 1 atom stereocenters. The van der Waals surface area contributed by atoms with Crippen LogP contribution in [0.1, 0.15) is 5.56 Å². The molecule has 0 spiro atoms. The highest BCUT2D eigenvalue weighted by molar-refractivity contribution is 6.31. The van der Waals surface area contributed by atoms with Crippen molar-refractivity contribution >= 4 is 17.6 Å². The van der Waals surface area contributed by atoms with E-state index in [1.807, 2.05) is 0 Å². The SMILES string of the molecule is COc1cc(CC2(N)N=C(N)NC(Cl)=C2N)cc(OC)c1OC. The normalized spacial score (nSPS) is 20.7. The average molecular weight is 342 g/mol. The second-order valence-electron chi connectivity index (χ2n) is 4.98. The Morgan fingerprint density at radius 1 is 1.13 bits per heavy atom. The van der Waals surface area contributed by atoms with Gasteiger partial charge in [0.2, 0.25) is 5.75 Å². The summed E-state index contributed by atoms with van der Waals surface area (Å²) in [5.41, 5.74) is 17.6. The molecule has 0 aliphatic carbocycles. The van der Waals surface area contributed by atoms with E-state index in [4.69, 9.17) is 43.0 Å². The number of nitrogens with zero attached hydrogens (tertiary/aromatic N) is 1. The largest absolute Gasteiger partial charge is 0.493 e. The van der Waals surface area contributed by atoms with Crippen LogP contribution in [0.5, 0.6) is 17.2 Å². The van der Waals surface area contributed by atoms with Gasteiger partial charge in [-0.3, -0.25) is 0 Å². The van der Waals surface area contributed by atoms with Crippen LogP contribution in [0.4, 0.5) is 0 Å². The van der Waals surface area contributed by atoms with Crippen LogP contribution in [-0.4, -0.2) is 33.0 Å². The Bertz CT molecular complexity index is 651. The molecule has 1 aromatic carbocycles. The second-order valence-corrected chi connectivity index (χ2v) is 5.36. The standard InChI is InChI=1S/C14H20ClN5O3/c1-21-8-4-7(5-9(22-2)10(8)23-3)6-14(18)11(16)12(15)19-13(17)20-14/h4-5H,6,16,18H2,1-3H3,(H3,17,19,20). The molecule has 0 aromatic heterocycles. The van der Waals surface area contributed by atoms with Crippen molar-refractivity contribution < 1.29 is 14.2 Å². The van der Waals surface area contributed by atoms with Crippen molar-refractivity contribution in [2.24, 2.45) is 22.2 Å². The molecule has 23 heavy (non-hydrogen) atoms. The number of guanidine groups is 1. The van der Waals surface area contributed by atoms with Gasteiger partial charge in [0.25, 0.3) is 0 Å². The van der Waals surface area contributed by atoms with Crippen molar-refractivity contribution in [3.8, 4) is 17.2 Å². The zero-order chi connectivity index (χ0) is 17.2. The molecule has 0 saturated heterocycles. The average Bonchev–Trinajstić information content (AvgIpc) is 2.51. The van der Waals surface area contributed by atoms with Crippen LogP contribution in [0.3, 0.4) is 0 Å². The first-order valence-corrected chi connectivity index (χ1v) is 7.08. The molecule has 0 amide bonds. The molecule has 0 bridgehead atoms. The van der Waals surface area contributed by atoms with Gasteiger partial charge in [0, 0.05) is 6.42 Å². The Hall–Kier alpha value is -2.32. The smallest absolute Gasteiger partial charge is 0.203 e. The van der Waals surface area contributed by atoms with Crippen LogP contribution in [0.25, 0.3) is 0 Å². The van der Waals surface area contributed by atoms with Gasteiger partial charge in [-0.15, -0.1) is 0 Å². The number of hydrogen-bond donors (Lipinski definition) is 4. The minimum atomic E-state index is -1.27. The van der Waals surface area contributed by atoms with E-state index >= 15 is 0 Å². The van der Waals surface area contributed by atoms with Crippen LogP contribution in [0, 0.1) is 0 Å². The number of methoxy groups -OCH3 is 3. The van der Waals surface area contributed by atoms with Gasteiger partial charge in [0.15, 0.2) is 23.1 Å². The number of nitrogens with one attached hydrogen (secondary N) is 1. The van der Waals surface area contributed by atoms with Gasteiger partial charge in [-0.05, 0) is 17.7 Å². The number of hydrogen-bond acceptors (Lipinski definition) is 8. The first-order chi connectivity index (χ1) is 10.8. The summed E-state index contributed by atoms with van der Waals surface area (Å²) < 4.78 is 15.9. The fourth-order valence-corrected chi connectivity index (χ4v) is 2.62. The lowest BCUT2D eigenvalue weighted by atomic mass is 9.96. The van der Waals surface area contributed by atoms with E-state index in [2.05, 4.69) is 10.3 Å². The monoisotopic (exact) mass is 341 g/mol. The number of aliphatic imine (C=N–C) groups is 1. The van der Waals surface area contributed by atoms with E-state index in [1.165, 1.54) is 21.3 Å². The van der Waals surface area contributed by atoms with Crippen molar-refractivity contribution in [2.75, 3.05) is 21.3 Å². The first kappa shape index (κ1) is 17.0. The third-order valence-corrected chi connectivity index (χ3v) is 3.76. The van der Waals surface area contributed by atoms with Crippen molar-refractivity contribution in [3.05, 3.63) is 28.5 Å². The van der Waals surface area contributed by atoms with Crippen LogP contribution in [0.15, 0.2) is 28.0 Å². The highest BCUT2D eigenvalue weighted by Crippen LogP contribution is 2.39. The Morgan fingerprint density at radius 3 is 2.17 bits per heavy atom. The zero-order valence-corrected chi connectivity index (χ0v) is 13.9. The quantitative estimate of drug-likeness (QED) is 0.562. The van der Waals surface area contributed by atoms with E-state index in [0.717, 1.165) is 5.56 Å². The van der Waals surface area contributed by atoms with Gasteiger partial charge >= 0.3 is 0 Å². The summed E-state index contributed by atoms with van der Waals surface area (Å²) in [6.07, 6.45) is 0.244. The molecule has 1 heterocycles. The Kier molecular flexibility index (Phi) is 4.76. The van der Waals surface area contributed by atoms with E-state index in [9.17, 15) is 0 Å². The van der Waals surface area contributed by atoms with E-state index < -0.39 is 5.66 Å². The second kappa shape index (κ2) is 6.43. The summed E-state index contributed by atoms with van der Waals surface area (Å²) in [6.45, 7) is 0. The molecule has 1 aromatic rings. The Labute approximate surface area is 139 Å². The number of ether oxygens (including phenoxy) is 3. The van der Waals surface area contributed by atoms with E-state index in [0.29, 0.717) is 17.2 Å². The summed E-state index contributed by atoms with van der Waals surface area (Å²) in [5.74, 6) is 1.59. The van der Waals surface area contributed by atoms with Crippen LogP contribution >= 0.6 is 11.6 Å². The third kappa shape index (κ3) is 3.22. The lowest BCUT2D eigenvalue weighted by molar-refractivity contribution is 0.323. The predicted octanol–water partition coefficient (Wildman–Crippen LogP) is 0.194. The minimum absolute atomic E-state index is 0.0964. The molecule has 2 rings (SSSR count). The maximum atomic E-state index is 6.28. The maximum absolute atomic E-state index is 6.28. The number of nitrogens with two attached hydrogens (primary N) is 3. The fraction of sp³-hybridized carbons (Fsp3) is 0.357. The predicted molar refractivity (Wildman–Crippen MR) is 88.5 cm³/mol. The Morgan fingerprint density at radius 2 is 1.70 bits per heavy atom. The molecule has 0 saturated carbocycles. The van der Waals surface area contributed by atoms with Crippen molar-refractivity contribution in [1.29, 1.82) is 0 Å². The minimum Gasteiger partial charge on any atom is -0.493 e. The summed E-state index contributed by atoms with van der Waals surface area (Å²) in [7, 11) is 4.60. The molecule has 7 N–H and O–H groups in total. The molecule has 9 heteroatoms. The van der Waals surface area contributed by atoms with Crippen LogP contribution in [-0.2, 0) is 6.42 Å². The summed E-state index contributed by atoms with van der Waals surface area (Å²) in [4.78, 5) is 4.18. The van der Waals surface area contributed by atoms with Crippen molar-refractivity contribution in [1.82, 2.24) is 5.32 Å². The Balaban J connectivity index is 2.45. The summed E-state index contributed by atoms with van der Waals surface area (Å²) >= 11 is 6.01. The number of benzene rings is 1. The van der Waals surface area contributed by atoms with Crippen LogP contribution < -0.4 is 36.7 Å². The van der Waals surface area contributed by atoms with Gasteiger partial charge in [0.05, 0.1) is 27.0 Å². The molecule has 0 fully saturated rings. The highest BCUT2D eigenvalue weighted by Gasteiger charge is 2.34. The van der Waals surface area contributed by atoms with E-state index in [1.54, 1.807) is 12.1 Å². The van der Waals surface area contributed by atoms with Gasteiger partial charge in [-0.2, -0.15) is 0 Å². The first-order valence-electron chi connectivity index (χ1n) is 6.70. The fourth-order valence-electron chi connectivity index (χ4n) is 2.36. The molecule has 1 aliphatic rings. The molecule has 126 valence electrons. The number of halogens is 1. The van der Waals surface area contributed by atoms with Crippen LogP contribution in [0.2, 0.25) is 0 Å². The molecular formula is C14H20ClN5O3. The molecular weight excluding hydrogens is 322 g/mol. The van der Waals surface area contributed by atoms with Gasteiger partial charge in [-0.25, -0.2) is 4.99 Å². The lowest BCUT2D eigenvalue weighted by Crippen LogP contribution is -2.53. The highest BCUT2D eigenvalue weighted by atomic mass is 35.5. The zero-order valence-electron chi connectivity index (χ0n) is 13.1. The van der Waals surface area contributed by atoms with Gasteiger partial charge in [0.1, 0.15) is 5.16 Å². The summed E-state index contributed by atoms with van der Waals surface area (Å²) in [5, 5.41) is 2.79. The molecule has 1 aliphatic heterocycles. The van der Waals surface area contributed by atoms with E-state index in [-0.39, 0.29) is 23.2 Å².